The number of aliphatic hydroxyl groups is 2. The summed E-state index contributed by atoms with van der Waals surface area (Å²) in [6, 6.07) is 0. The lowest BCUT2D eigenvalue weighted by atomic mass is 10.1. The van der Waals surface area contributed by atoms with Crippen molar-refractivity contribution in [1.82, 2.24) is 0 Å². The molecular formula is C16H34O5. The van der Waals surface area contributed by atoms with E-state index in [4.69, 9.17) is 19.7 Å². The van der Waals surface area contributed by atoms with Gasteiger partial charge >= 0.3 is 0 Å². The van der Waals surface area contributed by atoms with Gasteiger partial charge in [-0.05, 0) is 68.2 Å². The highest BCUT2D eigenvalue weighted by molar-refractivity contribution is 5.72. The van der Waals surface area contributed by atoms with Crippen molar-refractivity contribution in [2.75, 3.05) is 0 Å². The van der Waals surface area contributed by atoms with Crippen molar-refractivity contribution in [1.29, 1.82) is 0 Å². The summed E-state index contributed by atoms with van der Waals surface area (Å²) in [5.41, 5.74) is 0. The zero-order valence-electron chi connectivity index (χ0n) is 14.8. The predicted molar refractivity (Wildman–Crippen MR) is 84.1 cm³/mol. The number of rotatable bonds is 2. The van der Waals surface area contributed by atoms with Gasteiger partial charge in [0.25, 0.3) is 0 Å². The zero-order valence-corrected chi connectivity index (χ0v) is 14.8. The number of hydrogen-bond donors (Lipinski definition) is 2. The summed E-state index contributed by atoms with van der Waals surface area (Å²) < 4.78 is 11.0. The van der Waals surface area contributed by atoms with Crippen LogP contribution in [0.5, 0.6) is 0 Å². The van der Waals surface area contributed by atoms with E-state index < -0.39 is 0 Å². The smallest absolute Gasteiger partial charge is 0.163 e. The fraction of sp³-hybridized carbons (Fsp3) is 0.938. The summed E-state index contributed by atoms with van der Waals surface area (Å²) >= 11 is 0. The molecule has 0 saturated carbocycles. The first-order valence-electron chi connectivity index (χ1n) is 7.54. The highest BCUT2D eigenvalue weighted by atomic mass is 16.7. The molecule has 0 aromatic rings. The van der Waals surface area contributed by atoms with Gasteiger partial charge < -0.3 is 24.5 Å². The zero-order chi connectivity index (χ0) is 17.2. The van der Waals surface area contributed by atoms with Gasteiger partial charge in [-0.3, -0.25) is 0 Å². The maximum Gasteiger partial charge on any atom is 0.163 e. The normalized spacial score (nSPS) is 26.4. The molecule has 0 spiro atoms. The molecule has 21 heavy (non-hydrogen) atoms. The fourth-order valence-corrected chi connectivity index (χ4v) is 2.05. The van der Waals surface area contributed by atoms with Gasteiger partial charge in [0.05, 0.1) is 24.4 Å². The first-order chi connectivity index (χ1) is 9.35. The van der Waals surface area contributed by atoms with E-state index in [1.165, 1.54) is 13.8 Å². The SMILES string of the molecule is CC(C)=O.CC(O)CC(C)O.CC1CC(C)OC(C)(C)O1. The topological polar surface area (TPSA) is 76.0 Å². The second kappa shape index (κ2) is 11.1. The summed E-state index contributed by atoms with van der Waals surface area (Å²) in [6.45, 7) is 14.5. The minimum absolute atomic E-state index is 0.167. The largest absolute Gasteiger partial charge is 0.393 e. The molecule has 1 aliphatic heterocycles. The van der Waals surface area contributed by atoms with Crippen LogP contribution in [-0.4, -0.2) is 46.2 Å². The lowest BCUT2D eigenvalue weighted by Crippen LogP contribution is -2.42. The summed E-state index contributed by atoms with van der Waals surface area (Å²) in [7, 11) is 0. The minimum Gasteiger partial charge on any atom is -0.393 e. The van der Waals surface area contributed by atoms with E-state index in [-0.39, 0.29) is 23.8 Å². The number of aliphatic hydroxyl groups excluding tert-OH is 2. The molecule has 1 fully saturated rings. The Bertz CT molecular complexity index is 252. The molecule has 0 radical (unpaired) electrons. The Hall–Kier alpha value is -0.490. The number of ether oxygens (including phenoxy) is 2. The molecule has 4 unspecified atom stereocenters. The van der Waals surface area contributed by atoms with Crippen molar-refractivity contribution in [3.63, 3.8) is 0 Å². The monoisotopic (exact) mass is 306 g/mol. The van der Waals surface area contributed by atoms with Gasteiger partial charge in [0, 0.05) is 0 Å². The van der Waals surface area contributed by atoms with Gasteiger partial charge in [0.15, 0.2) is 5.79 Å². The molecule has 0 aromatic carbocycles. The second-order valence-electron chi connectivity index (χ2n) is 6.33. The van der Waals surface area contributed by atoms with Gasteiger partial charge in [0.2, 0.25) is 0 Å². The Morgan fingerprint density at radius 3 is 1.52 bits per heavy atom. The van der Waals surface area contributed by atoms with E-state index >= 15 is 0 Å². The molecule has 1 rings (SSSR count). The third-order valence-corrected chi connectivity index (χ3v) is 2.32. The Morgan fingerprint density at radius 2 is 1.38 bits per heavy atom. The van der Waals surface area contributed by atoms with Crippen LogP contribution < -0.4 is 0 Å². The van der Waals surface area contributed by atoms with Crippen molar-refractivity contribution >= 4 is 5.78 Å². The van der Waals surface area contributed by atoms with Crippen LogP contribution in [0.25, 0.3) is 0 Å². The average Bonchev–Trinajstić information content (AvgIpc) is 2.09. The Balaban J connectivity index is 0. The molecule has 1 aliphatic rings. The van der Waals surface area contributed by atoms with Crippen LogP contribution in [-0.2, 0) is 14.3 Å². The first-order valence-corrected chi connectivity index (χ1v) is 7.54. The molecule has 128 valence electrons. The molecular weight excluding hydrogens is 272 g/mol. The average molecular weight is 306 g/mol. The molecule has 1 heterocycles. The van der Waals surface area contributed by atoms with Crippen LogP contribution >= 0.6 is 0 Å². The molecule has 0 aromatic heterocycles. The lowest BCUT2D eigenvalue weighted by molar-refractivity contribution is -0.292. The van der Waals surface area contributed by atoms with E-state index in [0.29, 0.717) is 18.6 Å². The van der Waals surface area contributed by atoms with E-state index in [2.05, 4.69) is 13.8 Å². The third-order valence-electron chi connectivity index (χ3n) is 2.32. The first kappa shape index (κ1) is 22.8. The summed E-state index contributed by atoms with van der Waals surface area (Å²) in [5, 5.41) is 17.1. The predicted octanol–water partition coefficient (Wildman–Crippen LogP) is 2.67. The van der Waals surface area contributed by atoms with Crippen LogP contribution in [0.1, 0.15) is 68.2 Å². The van der Waals surface area contributed by atoms with Crippen LogP contribution in [0.15, 0.2) is 0 Å². The highest BCUT2D eigenvalue weighted by Crippen LogP contribution is 2.25. The molecule has 5 nitrogen and oxygen atoms in total. The van der Waals surface area contributed by atoms with Gasteiger partial charge in [-0.1, -0.05) is 0 Å². The molecule has 5 heteroatoms. The van der Waals surface area contributed by atoms with E-state index in [0.717, 1.165) is 6.42 Å². The van der Waals surface area contributed by atoms with Crippen molar-refractivity contribution in [2.45, 2.75) is 98.4 Å². The van der Waals surface area contributed by atoms with Gasteiger partial charge in [-0.15, -0.1) is 0 Å². The van der Waals surface area contributed by atoms with Gasteiger partial charge in [-0.2, -0.15) is 0 Å². The van der Waals surface area contributed by atoms with Gasteiger partial charge in [-0.25, -0.2) is 0 Å². The van der Waals surface area contributed by atoms with E-state index in [1.54, 1.807) is 13.8 Å². The number of Topliss-reactive ketones (excluding diaryl/α,β-unsaturated/α-hetero) is 1. The number of carbonyl (C=O) groups is 1. The standard InChI is InChI=1S/C8H16O2.C5H12O2.C3H6O/c1-6-5-7(2)10-8(3,4)9-6;1-4(6)3-5(2)7;1-3(2)4/h6-7H,5H2,1-4H3;4-7H,3H2,1-2H3;1-2H3. The van der Waals surface area contributed by atoms with Crippen molar-refractivity contribution in [3.05, 3.63) is 0 Å². The highest BCUT2D eigenvalue weighted by Gasteiger charge is 2.30. The summed E-state index contributed by atoms with van der Waals surface area (Å²) in [5.74, 6) is -0.211. The second-order valence-corrected chi connectivity index (χ2v) is 6.33. The van der Waals surface area contributed by atoms with E-state index in [9.17, 15) is 4.79 Å². The molecule has 1 saturated heterocycles. The molecule has 0 bridgehead atoms. The third kappa shape index (κ3) is 19.5. The van der Waals surface area contributed by atoms with Crippen molar-refractivity contribution in [3.8, 4) is 0 Å². The summed E-state index contributed by atoms with van der Waals surface area (Å²) in [4.78, 5) is 9.44. The minimum atomic E-state index is -0.378. The lowest BCUT2D eigenvalue weighted by Gasteiger charge is -2.38. The summed E-state index contributed by atoms with van der Waals surface area (Å²) in [6.07, 6.45) is 1.39. The van der Waals surface area contributed by atoms with Crippen LogP contribution in [0.2, 0.25) is 0 Å². The molecule has 4 atom stereocenters. The quantitative estimate of drug-likeness (QED) is 0.820. The Kier molecular flexibility index (Phi) is 12.1. The van der Waals surface area contributed by atoms with Crippen LogP contribution in [0.3, 0.4) is 0 Å². The fourth-order valence-electron chi connectivity index (χ4n) is 2.05. The molecule has 2 N–H and O–H groups in total. The van der Waals surface area contributed by atoms with Crippen LogP contribution in [0, 0.1) is 0 Å². The van der Waals surface area contributed by atoms with E-state index in [1.807, 2.05) is 13.8 Å². The van der Waals surface area contributed by atoms with Gasteiger partial charge in [0.1, 0.15) is 5.78 Å². The van der Waals surface area contributed by atoms with Crippen molar-refractivity contribution in [2.24, 2.45) is 0 Å². The maximum atomic E-state index is 9.44. The molecule has 0 aliphatic carbocycles. The van der Waals surface area contributed by atoms with Crippen molar-refractivity contribution < 1.29 is 24.5 Å². The maximum absolute atomic E-state index is 9.44. The molecule has 0 amide bonds. The number of hydrogen-bond acceptors (Lipinski definition) is 5. The Labute approximate surface area is 129 Å². The Morgan fingerprint density at radius 1 is 1.10 bits per heavy atom. The number of carbonyl (C=O) groups excluding carboxylic acids is 1. The number of ketones is 1. The van der Waals surface area contributed by atoms with Crippen LogP contribution in [0.4, 0.5) is 0 Å².